The van der Waals surface area contributed by atoms with Crippen LogP contribution in [-0.2, 0) is 4.74 Å². The average Bonchev–Trinajstić information content (AvgIpc) is 1.88. The van der Waals surface area contributed by atoms with Gasteiger partial charge in [-0.3, -0.25) is 0 Å². The third-order valence-corrected chi connectivity index (χ3v) is 1.13. The largest absolute Gasteiger partial charge is 0.501 e. The van der Waals surface area contributed by atoms with Crippen molar-refractivity contribution in [1.82, 2.24) is 0 Å². The summed E-state index contributed by atoms with van der Waals surface area (Å²) in [5, 5.41) is 0. The molecular weight excluding hydrogens is 124 g/mol. The number of ether oxygens (including phenoxy) is 1. The molecule has 0 aromatic rings. The van der Waals surface area contributed by atoms with Gasteiger partial charge in [-0.05, 0) is 25.5 Å². The van der Waals surface area contributed by atoms with Gasteiger partial charge in [0.15, 0.2) is 0 Å². The second kappa shape index (κ2) is 4.86. The first-order valence-electron chi connectivity index (χ1n) is 3.22. The molecule has 0 aliphatic rings. The summed E-state index contributed by atoms with van der Waals surface area (Å²) in [7, 11) is 1.66. The van der Waals surface area contributed by atoms with Crippen LogP contribution in [0.3, 0.4) is 0 Å². The van der Waals surface area contributed by atoms with Gasteiger partial charge in [0, 0.05) is 0 Å². The fourth-order valence-electron chi connectivity index (χ4n) is 0.614. The Balaban J connectivity index is 4.11. The Bertz CT molecular complexity index is 164. The van der Waals surface area contributed by atoms with Crippen LogP contribution in [-0.4, -0.2) is 7.11 Å². The van der Waals surface area contributed by atoms with Gasteiger partial charge in [-0.2, -0.15) is 0 Å². The number of methoxy groups -OCH3 is 1. The molecule has 0 aromatic heterocycles. The minimum atomic E-state index is 0.913. The summed E-state index contributed by atoms with van der Waals surface area (Å²) in [6.45, 7) is 7.51. The molecule has 0 fully saturated rings. The van der Waals surface area contributed by atoms with E-state index in [0.717, 1.165) is 11.3 Å². The van der Waals surface area contributed by atoms with Crippen LogP contribution in [0.25, 0.3) is 0 Å². The fourth-order valence-corrected chi connectivity index (χ4v) is 0.614. The highest BCUT2D eigenvalue weighted by Gasteiger charge is 1.83. The molecule has 1 nitrogen and oxygen atoms in total. The van der Waals surface area contributed by atoms with E-state index in [0.29, 0.717) is 0 Å². The summed E-state index contributed by atoms with van der Waals surface area (Å²) in [5.74, 6) is 0.913. The van der Waals surface area contributed by atoms with Crippen molar-refractivity contribution in [3.63, 3.8) is 0 Å². The summed E-state index contributed by atoms with van der Waals surface area (Å²) >= 11 is 0. The lowest BCUT2D eigenvalue weighted by atomic mass is 10.2. The van der Waals surface area contributed by atoms with Gasteiger partial charge in [0.25, 0.3) is 0 Å². The van der Waals surface area contributed by atoms with Gasteiger partial charge in [-0.1, -0.05) is 18.7 Å². The standard InChI is InChI=1S/C9H14O/c1-5-6-8(2)7-9(3)10-4/h5-7H,1H2,2-4H3/b8-6-,9-7+. The Morgan fingerprint density at radius 1 is 1.40 bits per heavy atom. The van der Waals surface area contributed by atoms with Gasteiger partial charge in [0.1, 0.15) is 0 Å². The second-order valence-electron chi connectivity index (χ2n) is 2.11. The summed E-state index contributed by atoms with van der Waals surface area (Å²) in [6, 6.07) is 0. The van der Waals surface area contributed by atoms with E-state index in [-0.39, 0.29) is 0 Å². The molecule has 0 aliphatic heterocycles. The zero-order valence-corrected chi connectivity index (χ0v) is 6.85. The van der Waals surface area contributed by atoms with Crippen molar-refractivity contribution in [2.24, 2.45) is 0 Å². The molecule has 0 unspecified atom stereocenters. The van der Waals surface area contributed by atoms with Gasteiger partial charge < -0.3 is 4.74 Å². The molecule has 0 atom stereocenters. The van der Waals surface area contributed by atoms with Crippen molar-refractivity contribution in [2.45, 2.75) is 13.8 Å². The Hall–Kier alpha value is -0.980. The van der Waals surface area contributed by atoms with Crippen molar-refractivity contribution < 1.29 is 4.74 Å². The van der Waals surface area contributed by atoms with Gasteiger partial charge in [-0.25, -0.2) is 0 Å². The van der Waals surface area contributed by atoms with Crippen LogP contribution < -0.4 is 0 Å². The fraction of sp³-hybridized carbons (Fsp3) is 0.333. The van der Waals surface area contributed by atoms with E-state index in [1.807, 2.05) is 26.0 Å². The zero-order chi connectivity index (χ0) is 7.98. The molecule has 0 amide bonds. The molecule has 1 heteroatoms. The van der Waals surface area contributed by atoms with Gasteiger partial charge >= 0.3 is 0 Å². The van der Waals surface area contributed by atoms with Crippen LogP contribution in [0.1, 0.15) is 13.8 Å². The van der Waals surface area contributed by atoms with E-state index in [2.05, 4.69) is 6.58 Å². The Kier molecular flexibility index (Phi) is 4.38. The molecule has 0 rings (SSSR count). The minimum Gasteiger partial charge on any atom is -0.501 e. The van der Waals surface area contributed by atoms with Gasteiger partial charge in [0.2, 0.25) is 0 Å². The summed E-state index contributed by atoms with van der Waals surface area (Å²) in [4.78, 5) is 0. The monoisotopic (exact) mass is 138 g/mol. The molecule has 10 heavy (non-hydrogen) atoms. The third kappa shape index (κ3) is 3.96. The van der Waals surface area contributed by atoms with E-state index in [1.165, 1.54) is 0 Å². The molecule has 0 saturated carbocycles. The number of allylic oxidation sites excluding steroid dienone is 5. The van der Waals surface area contributed by atoms with Crippen molar-refractivity contribution in [3.8, 4) is 0 Å². The van der Waals surface area contributed by atoms with Crippen LogP contribution in [0.5, 0.6) is 0 Å². The lowest BCUT2D eigenvalue weighted by Gasteiger charge is -1.96. The van der Waals surface area contributed by atoms with Gasteiger partial charge in [0.05, 0.1) is 12.9 Å². The lowest BCUT2D eigenvalue weighted by Crippen LogP contribution is -1.79. The highest BCUT2D eigenvalue weighted by Crippen LogP contribution is 2.01. The van der Waals surface area contributed by atoms with Crippen molar-refractivity contribution >= 4 is 0 Å². The van der Waals surface area contributed by atoms with Crippen LogP contribution >= 0.6 is 0 Å². The summed E-state index contributed by atoms with van der Waals surface area (Å²) < 4.78 is 4.95. The lowest BCUT2D eigenvalue weighted by molar-refractivity contribution is 0.293. The first kappa shape index (κ1) is 9.02. The predicted octanol–water partition coefficient (Wildman–Crippen LogP) is 2.67. The summed E-state index contributed by atoms with van der Waals surface area (Å²) in [5.41, 5.74) is 1.15. The minimum absolute atomic E-state index is 0.913. The second-order valence-corrected chi connectivity index (χ2v) is 2.11. The normalized spacial score (nSPS) is 13.1. The Morgan fingerprint density at radius 3 is 2.40 bits per heavy atom. The zero-order valence-electron chi connectivity index (χ0n) is 6.85. The Morgan fingerprint density at radius 2 is 2.00 bits per heavy atom. The van der Waals surface area contributed by atoms with Crippen molar-refractivity contribution in [1.29, 1.82) is 0 Å². The molecule has 0 radical (unpaired) electrons. The van der Waals surface area contributed by atoms with Gasteiger partial charge in [-0.15, -0.1) is 0 Å². The molecule has 0 N–H and O–H groups in total. The maximum Gasteiger partial charge on any atom is 0.0927 e. The first-order valence-corrected chi connectivity index (χ1v) is 3.22. The quantitative estimate of drug-likeness (QED) is 0.430. The van der Waals surface area contributed by atoms with E-state index in [9.17, 15) is 0 Å². The third-order valence-electron chi connectivity index (χ3n) is 1.13. The maximum atomic E-state index is 4.95. The van der Waals surface area contributed by atoms with Crippen LogP contribution in [0.4, 0.5) is 0 Å². The molecule has 0 saturated heterocycles. The van der Waals surface area contributed by atoms with Crippen molar-refractivity contribution in [2.75, 3.05) is 7.11 Å². The molecule has 0 heterocycles. The molecule has 0 aliphatic carbocycles. The molecule has 0 bridgehead atoms. The van der Waals surface area contributed by atoms with Crippen molar-refractivity contribution in [3.05, 3.63) is 36.1 Å². The molecule has 0 spiro atoms. The number of hydrogen-bond donors (Lipinski definition) is 0. The van der Waals surface area contributed by atoms with E-state index < -0.39 is 0 Å². The molecular formula is C9H14O. The van der Waals surface area contributed by atoms with Crippen LogP contribution in [0, 0.1) is 0 Å². The number of hydrogen-bond acceptors (Lipinski definition) is 1. The van der Waals surface area contributed by atoms with Crippen LogP contribution in [0.2, 0.25) is 0 Å². The highest BCUT2D eigenvalue weighted by atomic mass is 16.5. The smallest absolute Gasteiger partial charge is 0.0927 e. The first-order chi connectivity index (χ1) is 4.70. The Labute approximate surface area is 62.7 Å². The summed E-state index contributed by atoms with van der Waals surface area (Å²) in [6.07, 6.45) is 5.65. The SMILES string of the molecule is C=C/C=C(C)\C=C(/C)OC. The molecule has 56 valence electrons. The van der Waals surface area contributed by atoms with Crippen LogP contribution in [0.15, 0.2) is 36.1 Å². The maximum absolute atomic E-state index is 4.95. The number of rotatable bonds is 3. The van der Waals surface area contributed by atoms with E-state index in [1.54, 1.807) is 13.2 Å². The average molecular weight is 138 g/mol. The highest BCUT2D eigenvalue weighted by molar-refractivity contribution is 5.21. The predicted molar refractivity (Wildman–Crippen MR) is 44.7 cm³/mol. The molecule has 0 aromatic carbocycles. The van der Waals surface area contributed by atoms with E-state index >= 15 is 0 Å². The topological polar surface area (TPSA) is 9.23 Å². The van der Waals surface area contributed by atoms with E-state index in [4.69, 9.17) is 4.74 Å².